The van der Waals surface area contributed by atoms with Crippen LogP contribution in [0.25, 0.3) is 16.3 Å². The van der Waals surface area contributed by atoms with E-state index in [0.29, 0.717) is 23.0 Å². The van der Waals surface area contributed by atoms with Gasteiger partial charge in [0.25, 0.3) is 5.56 Å². The minimum Gasteiger partial charge on any atom is -0.277 e. The molecule has 1 N–H and O–H groups in total. The number of nitrogens with one attached hydrogen (secondary N) is 1. The zero-order chi connectivity index (χ0) is 23.7. The highest BCUT2D eigenvalue weighted by Gasteiger charge is 2.13. The Morgan fingerprint density at radius 2 is 1.75 bits per heavy atom. The largest absolute Gasteiger partial charge is 0.277 e. The van der Waals surface area contributed by atoms with Crippen LogP contribution in [-0.4, -0.2) is 22.8 Å². The smallest absolute Gasteiger partial charge is 0.274 e. The third-order valence-corrected chi connectivity index (χ3v) is 4.85. The van der Waals surface area contributed by atoms with Crippen molar-refractivity contribution in [3.8, 4) is 0 Å². The standard InChI is InChI=1S/C15H17N3O3.C11H14/c1-10(2)9-18-15(20)12-7-5-4-6-11(12)13(16-18)8-14(19)17-21-3;1-4-10(3)11-7-5-9(2)6-8-11/h4-7H,1,8-9H2,2-3H3,(H,17,19);4-8H,1-3H3/b;10-4+. The molecule has 0 spiro atoms. The van der Waals surface area contributed by atoms with Crippen molar-refractivity contribution < 1.29 is 9.63 Å². The molecule has 0 radical (unpaired) electrons. The third kappa shape index (κ3) is 6.75. The van der Waals surface area contributed by atoms with E-state index in [1.54, 1.807) is 18.2 Å². The molecule has 0 saturated heterocycles. The predicted molar refractivity (Wildman–Crippen MR) is 130 cm³/mol. The van der Waals surface area contributed by atoms with Gasteiger partial charge in [-0.2, -0.15) is 5.10 Å². The van der Waals surface area contributed by atoms with E-state index in [9.17, 15) is 9.59 Å². The van der Waals surface area contributed by atoms with E-state index in [4.69, 9.17) is 0 Å². The lowest BCUT2D eigenvalue weighted by atomic mass is 10.1. The van der Waals surface area contributed by atoms with Crippen molar-refractivity contribution in [2.75, 3.05) is 7.11 Å². The third-order valence-electron chi connectivity index (χ3n) is 4.85. The fourth-order valence-electron chi connectivity index (χ4n) is 3.08. The summed E-state index contributed by atoms with van der Waals surface area (Å²) in [6.07, 6.45) is 2.16. The quantitative estimate of drug-likeness (QED) is 0.455. The summed E-state index contributed by atoms with van der Waals surface area (Å²) >= 11 is 0. The second kappa shape index (κ2) is 11.8. The van der Waals surface area contributed by atoms with Crippen LogP contribution in [0.2, 0.25) is 0 Å². The topological polar surface area (TPSA) is 73.2 Å². The van der Waals surface area contributed by atoms with Crippen molar-refractivity contribution in [3.63, 3.8) is 0 Å². The normalized spacial score (nSPS) is 11.0. The van der Waals surface area contributed by atoms with Crippen molar-refractivity contribution in [3.05, 3.63) is 93.9 Å². The van der Waals surface area contributed by atoms with E-state index in [1.807, 2.05) is 13.0 Å². The van der Waals surface area contributed by atoms with Crippen LogP contribution < -0.4 is 11.0 Å². The molecule has 3 rings (SSSR count). The van der Waals surface area contributed by atoms with Crippen LogP contribution in [-0.2, 0) is 22.6 Å². The molecular formula is C26H31N3O3. The molecule has 0 aliphatic carbocycles. The molecule has 2 aromatic carbocycles. The minimum atomic E-state index is -0.323. The van der Waals surface area contributed by atoms with Gasteiger partial charge in [-0.15, -0.1) is 0 Å². The van der Waals surface area contributed by atoms with E-state index in [1.165, 1.54) is 28.5 Å². The van der Waals surface area contributed by atoms with Crippen LogP contribution in [0.5, 0.6) is 0 Å². The van der Waals surface area contributed by atoms with Gasteiger partial charge in [0.2, 0.25) is 5.91 Å². The number of carbonyl (C=O) groups excluding carboxylic acids is 1. The van der Waals surface area contributed by atoms with Crippen molar-refractivity contribution in [2.24, 2.45) is 0 Å². The lowest BCUT2D eigenvalue weighted by molar-refractivity contribution is -0.130. The number of allylic oxidation sites excluding steroid dienone is 3. The fourth-order valence-corrected chi connectivity index (χ4v) is 3.08. The van der Waals surface area contributed by atoms with Gasteiger partial charge in [0, 0.05) is 5.39 Å². The number of benzene rings is 2. The number of aryl methyl sites for hydroxylation is 1. The Balaban J connectivity index is 0.000000278. The summed E-state index contributed by atoms with van der Waals surface area (Å²) < 4.78 is 1.33. The second-order valence-electron chi connectivity index (χ2n) is 7.66. The summed E-state index contributed by atoms with van der Waals surface area (Å²) in [4.78, 5) is 28.7. The number of carbonyl (C=O) groups is 1. The maximum Gasteiger partial charge on any atom is 0.274 e. The van der Waals surface area contributed by atoms with Gasteiger partial charge in [-0.05, 0) is 44.9 Å². The predicted octanol–water partition coefficient (Wildman–Crippen LogP) is 4.61. The Morgan fingerprint density at radius 1 is 1.12 bits per heavy atom. The summed E-state index contributed by atoms with van der Waals surface area (Å²) in [6, 6.07) is 15.7. The van der Waals surface area contributed by atoms with Crippen LogP contribution in [0, 0.1) is 6.92 Å². The number of hydroxylamine groups is 1. The van der Waals surface area contributed by atoms with Gasteiger partial charge in [0.15, 0.2) is 0 Å². The van der Waals surface area contributed by atoms with Gasteiger partial charge in [-0.1, -0.05) is 66.3 Å². The van der Waals surface area contributed by atoms with Crippen molar-refractivity contribution in [1.82, 2.24) is 15.3 Å². The maximum atomic E-state index is 12.4. The van der Waals surface area contributed by atoms with Crippen LogP contribution in [0.1, 0.15) is 37.6 Å². The molecule has 1 aromatic heterocycles. The zero-order valence-electron chi connectivity index (χ0n) is 19.4. The molecule has 0 bridgehead atoms. The lowest BCUT2D eigenvalue weighted by Gasteiger charge is -2.10. The van der Waals surface area contributed by atoms with Crippen molar-refractivity contribution in [2.45, 2.75) is 40.7 Å². The molecule has 1 heterocycles. The molecule has 168 valence electrons. The van der Waals surface area contributed by atoms with E-state index >= 15 is 0 Å². The van der Waals surface area contributed by atoms with Crippen molar-refractivity contribution >= 4 is 22.3 Å². The number of hydrogen-bond acceptors (Lipinski definition) is 4. The summed E-state index contributed by atoms with van der Waals surface area (Å²) in [7, 11) is 1.37. The van der Waals surface area contributed by atoms with Crippen LogP contribution in [0.3, 0.4) is 0 Å². The SMILES string of the molecule is C/C=C(\C)c1ccc(C)cc1.C=C(C)Cn1nc(CC(=O)NOC)c2ccccc2c1=O. The monoisotopic (exact) mass is 433 g/mol. The highest BCUT2D eigenvalue weighted by atomic mass is 16.6. The Kier molecular flexibility index (Phi) is 9.10. The van der Waals surface area contributed by atoms with Gasteiger partial charge < -0.3 is 0 Å². The molecule has 6 nitrogen and oxygen atoms in total. The highest BCUT2D eigenvalue weighted by Crippen LogP contribution is 2.14. The average molecular weight is 434 g/mol. The van der Waals surface area contributed by atoms with Gasteiger partial charge in [0.1, 0.15) is 0 Å². The zero-order valence-corrected chi connectivity index (χ0v) is 19.4. The highest BCUT2D eigenvalue weighted by molar-refractivity contribution is 5.88. The van der Waals surface area contributed by atoms with Crippen LogP contribution in [0.15, 0.2) is 71.6 Å². The molecule has 0 aliphatic rings. The Labute approximate surface area is 189 Å². The van der Waals surface area contributed by atoms with Gasteiger partial charge in [-0.25, -0.2) is 10.2 Å². The van der Waals surface area contributed by atoms with E-state index < -0.39 is 0 Å². The summed E-state index contributed by atoms with van der Waals surface area (Å²) in [6.45, 7) is 12.2. The molecule has 32 heavy (non-hydrogen) atoms. The first-order valence-electron chi connectivity index (χ1n) is 10.4. The summed E-state index contributed by atoms with van der Waals surface area (Å²) in [5.74, 6) is -0.323. The molecule has 0 unspecified atom stereocenters. The maximum absolute atomic E-state index is 12.4. The van der Waals surface area contributed by atoms with Gasteiger partial charge in [-0.3, -0.25) is 14.4 Å². The average Bonchev–Trinajstić information content (AvgIpc) is 2.77. The van der Waals surface area contributed by atoms with E-state index in [-0.39, 0.29) is 17.9 Å². The molecule has 1 amide bonds. The second-order valence-corrected chi connectivity index (χ2v) is 7.66. The van der Waals surface area contributed by atoms with Crippen LogP contribution >= 0.6 is 0 Å². The van der Waals surface area contributed by atoms with E-state index in [2.05, 4.69) is 73.1 Å². The first-order valence-corrected chi connectivity index (χ1v) is 10.4. The summed E-state index contributed by atoms with van der Waals surface area (Å²) in [5, 5.41) is 5.50. The van der Waals surface area contributed by atoms with Crippen LogP contribution in [0.4, 0.5) is 0 Å². The fraction of sp³-hybridized carbons (Fsp3) is 0.269. The number of rotatable bonds is 6. The molecule has 0 aliphatic heterocycles. The number of fused-ring (bicyclic) bond motifs is 1. The Hall–Kier alpha value is -3.51. The molecule has 0 saturated carbocycles. The van der Waals surface area contributed by atoms with E-state index in [0.717, 1.165) is 5.57 Å². The molecule has 6 heteroatoms. The molecule has 0 fully saturated rings. The Bertz CT molecular complexity index is 1180. The lowest BCUT2D eigenvalue weighted by Crippen LogP contribution is -2.28. The van der Waals surface area contributed by atoms with Gasteiger partial charge >= 0.3 is 0 Å². The Morgan fingerprint density at radius 3 is 2.31 bits per heavy atom. The minimum absolute atomic E-state index is 0.0326. The van der Waals surface area contributed by atoms with Crippen molar-refractivity contribution in [1.29, 1.82) is 0 Å². The number of aromatic nitrogens is 2. The van der Waals surface area contributed by atoms with Gasteiger partial charge in [0.05, 0.1) is 31.2 Å². The first kappa shape index (κ1) is 24.8. The summed E-state index contributed by atoms with van der Waals surface area (Å²) in [5.41, 5.74) is 7.37. The molecule has 0 atom stereocenters. The number of amides is 1. The molecular weight excluding hydrogens is 402 g/mol. The first-order chi connectivity index (χ1) is 15.3. The number of nitrogens with zero attached hydrogens (tertiary/aromatic N) is 2. The number of hydrogen-bond donors (Lipinski definition) is 1. The molecule has 3 aromatic rings.